The third-order valence-electron chi connectivity index (χ3n) is 2.54. The lowest BCUT2D eigenvalue weighted by atomic mass is 10.3. The lowest BCUT2D eigenvalue weighted by molar-refractivity contribution is -0.138. The van der Waals surface area contributed by atoms with Crippen LogP contribution in [-0.2, 0) is 14.3 Å². The molecule has 0 aliphatic rings. The molecule has 1 amide bonds. The zero-order valence-corrected chi connectivity index (χ0v) is 13.0. The molecule has 0 saturated heterocycles. The number of methoxy groups -OCH3 is 1. The average molecular weight is 363 g/mol. The predicted molar refractivity (Wildman–Crippen MR) is 78.7 cm³/mol. The van der Waals surface area contributed by atoms with Crippen LogP contribution in [0, 0.1) is 5.82 Å². The van der Waals surface area contributed by atoms with Gasteiger partial charge in [-0.05, 0) is 18.2 Å². The van der Waals surface area contributed by atoms with E-state index in [-0.39, 0.29) is 18.8 Å². The number of halogens is 2. The fraction of sp³-hybridized carbons (Fsp3) is 0.385. The maximum atomic E-state index is 13.6. The maximum Gasteiger partial charge on any atom is 0.317 e. The Morgan fingerprint density at radius 1 is 1.43 bits per heavy atom. The molecule has 1 aromatic rings. The number of anilines is 1. The fourth-order valence-electron chi connectivity index (χ4n) is 1.61. The van der Waals surface area contributed by atoms with E-state index in [1.807, 2.05) is 0 Å². The van der Waals surface area contributed by atoms with Crippen molar-refractivity contribution < 1.29 is 23.8 Å². The third kappa shape index (κ3) is 6.65. The lowest BCUT2D eigenvalue weighted by Crippen LogP contribution is -2.38. The minimum absolute atomic E-state index is 0.0465. The van der Waals surface area contributed by atoms with Crippen molar-refractivity contribution >= 4 is 33.5 Å². The zero-order valence-electron chi connectivity index (χ0n) is 11.4. The number of aliphatic carboxylic acids is 1. The zero-order chi connectivity index (χ0) is 15.8. The van der Waals surface area contributed by atoms with E-state index in [0.29, 0.717) is 17.6 Å². The van der Waals surface area contributed by atoms with E-state index in [4.69, 9.17) is 9.84 Å². The summed E-state index contributed by atoms with van der Waals surface area (Å²) in [6.45, 7) is 0.136. The molecule has 0 aromatic heterocycles. The first kappa shape index (κ1) is 17.5. The van der Waals surface area contributed by atoms with Crippen molar-refractivity contribution in [2.45, 2.75) is 0 Å². The van der Waals surface area contributed by atoms with Crippen LogP contribution in [0.1, 0.15) is 0 Å². The topological polar surface area (TPSA) is 78.9 Å². The third-order valence-corrected chi connectivity index (χ3v) is 3.04. The minimum atomic E-state index is -1.05. The van der Waals surface area contributed by atoms with Crippen molar-refractivity contribution in [3.05, 3.63) is 28.5 Å². The second-order valence-electron chi connectivity index (χ2n) is 4.27. The van der Waals surface area contributed by atoms with Crippen molar-refractivity contribution in [1.29, 1.82) is 0 Å². The second-order valence-corrected chi connectivity index (χ2v) is 5.19. The van der Waals surface area contributed by atoms with Crippen LogP contribution >= 0.6 is 15.9 Å². The van der Waals surface area contributed by atoms with Gasteiger partial charge < -0.3 is 15.2 Å². The normalized spacial score (nSPS) is 10.7. The van der Waals surface area contributed by atoms with Crippen LogP contribution in [0.25, 0.3) is 0 Å². The van der Waals surface area contributed by atoms with E-state index in [1.165, 1.54) is 24.1 Å². The molecule has 0 aliphatic carbocycles. The van der Waals surface area contributed by atoms with Crippen LogP contribution < -0.4 is 5.32 Å². The Balaban J connectivity index is 2.61. The Labute approximate surface area is 130 Å². The highest BCUT2D eigenvalue weighted by molar-refractivity contribution is 9.10. The molecule has 116 valence electrons. The molecule has 0 unspecified atom stereocenters. The number of carboxylic acids is 1. The molecule has 0 atom stereocenters. The summed E-state index contributed by atoms with van der Waals surface area (Å²) in [6.07, 6.45) is 0. The van der Waals surface area contributed by atoms with Crippen molar-refractivity contribution in [3.63, 3.8) is 0 Å². The van der Waals surface area contributed by atoms with Gasteiger partial charge in [-0.15, -0.1) is 0 Å². The molecule has 2 N–H and O–H groups in total. The van der Waals surface area contributed by atoms with E-state index in [1.54, 1.807) is 6.07 Å². The van der Waals surface area contributed by atoms with E-state index < -0.39 is 17.7 Å². The Hall–Kier alpha value is -1.51. The largest absolute Gasteiger partial charge is 0.480 e. The van der Waals surface area contributed by atoms with Crippen LogP contribution in [0.4, 0.5) is 10.1 Å². The molecule has 0 saturated carbocycles. The van der Waals surface area contributed by atoms with Gasteiger partial charge >= 0.3 is 5.97 Å². The van der Waals surface area contributed by atoms with Gasteiger partial charge in [-0.3, -0.25) is 14.5 Å². The van der Waals surface area contributed by atoms with Gasteiger partial charge in [0.2, 0.25) is 5.91 Å². The first-order valence-electron chi connectivity index (χ1n) is 6.10. The van der Waals surface area contributed by atoms with Crippen LogP contribution in [-0.4, -0.2) is 55.2 Å². The smallest absolute Gasteiger partial charge is 0.317 e. The van der Waals surface area contributed by atoms with Gasteiger partial charge in [-0.1, -0.05) is 15.9 Å². The molecular formula is C13H16BrFN2O4. The Bertz CT molecular complexity index is 513. The molecule has 1 rings (SSSR count). The number of nitrogens with zero attached hydrogens (tertiary/aromatic N) is 1. The number of carbonyl (C=O) groups is 2. The standard InChI is InChI=1S/C13H16BrFN2O4/c1-21-5-4-17(8-13(19)20)7-12(18)16-11-3-2-9(14)6-10(11)15/h2-3,6H,4-5,7-8H2,1H3,(H,16,18)(H,19,20). The highest BCUT2D eigenvalue weighted by atomic mass is 79.9. The van der Waals surface area contributed by atoms with Crippen LogP contribution in [0.2, 0.25) is 0 Å². The molecular weight excluding hydrogens is 347 g/mol. The number of hydrogen-bond donors (Lipinski definition) is 2. The number of nitrogens with one attached hydrogen (secondary N) is 1. The molecule has 0 aliphatic heterocycles. The SMILES string of the molecule is COCCN(CC(=O)O)CC(=O)Nc1ccc(Br)cc1F. The molecule has 0 radical (unpaired) electrons. The van der Waals surface area contributed by atoms with Crippen molar-refractivity contribution in [1.82, 2.24) is 4.90 Å². The minimum Gasteiger partial charge on any atom is -0.480 e. The molecule has 0 fully saturated rings. The van der Waals surface area contributed by atoms with E-state index in [9.17, 15) is 14.0 Å². The molecule has 0 bridgehead atoms. The van der Waals surface area contributed by atoms with E-state index in [0.717, 1.165) is 0 Å². The second kappa shape index (κ2) is 8.71. The number of carbonyl (C=O) groups excluding carboxylic acids is 1. The molecule has 0 heterocycles. The molecule has 0 spiro atoms. The Morgan fingerprint density at radius 2 is 2.14 bits per heavy atom. The van der Waals surface area contributed by atoms with Crippen LogP contribution in [0.5, 0.6) is 0 Å². The number of ether oxygens (including phenoxy) is 1. The number of carboxylic acid groups (broad SMARTS) is 1. The summed E-state index contributed by atoms with van der Waals surface area (Å²) in [5.41, 5.74) is 0.0465. The van der Waals surface area contributed by atoms with Gasteiger partial charge in [-0.25, -0.2) is 4.39 Å². The van der Waals surface area contributed by atoms with Gasteiger partial charge in [0.1, 0.15) is 5.82 Å². The van der Waals surface area contributed by atoms with Crippen molar-refractivity contribution in [2.24, 2.45) is 0 Å². The van der Waals surface area contributed by atoms with Crippen molar-refractivity contribution in [3.8, 4) is 0 Å². The van der Waals surface area contributed by atoms with Crippen LogP contribution in [0.3, 0.4) is 0 Å². The summed E-state index contributed by atoms with van der Waals surface area (Å²) in [5, 5.41) is 11.2. The Kier molecular flexibility index (Phi) is 7.27. The van der Waals surface area contributed by atoms with Crippen LogP contribution in [0.15, 0.2) is 22.7 Å². The number of rotatable bonds is 8. The summed E-state index contributed by atoms with van der Waals surface area (Å²) in [4.78, 5) is 24.0. The van der Waals surface area contributed by atoms with Gasteiger partial charge in [0.05, 0.1) is 25.4 Å². The van der Waals surface area contributed by atoms with Gasteiger partial charge in [0.15, 0.2) is 0 Å². The predicted octanol–water partition coefficient (Wildman–Crippen LogP) is 1.56. The maximum absolute atomic E-state index is 13.6. The fourth-order valence-corrected chi connectivity index (χ4v) is 1.94. The number of amides is 1. The molecule has 6 nitrogen and oxygen atoms in total. The number of benzene rings is 1. The van der Waals surface area contributed by atoms with E-state index >= 15 is 0 Å². The summed E-state index contributed by atoms with van der Waals surface area (Å²) in [7, 11) is 1.48. The monoisotopic (exact) mass is 362 g/mol. The summed E-state index contributed by atoms with van der Waals surface area (Å²) >= 11 is 3.12. The first-order valence-corrected chi connectivity index (χ1v) is 6.89. The lowest BCUT2D eigenvalue weighted by Gasteiger charge is -2.19. The van der Waals surface area contributed by atoms with Crippen molar-refractivity contribution in [2.75, 3.05) is 38.7 Å². The van der Waals surface area contributed by atoms with Gasteiger partial charge in [-0.2, -0.15) is 0 Å². The highest BCUT2D eigenvalue weighted by Crippen LogP contribution is 2.19. The first-order chi connectivity index (χ1) is 9.92. The quantitative estimate of drug-likeness (QED) is 0.733. The summed E-state index contributed by atoms with van der Waals surface area (Å²) in [5.74, 6) is -2.11. The summed E-state index contributed by atoms with van der Waals surface area (Å²) in [6, 6.07) is 4.25. The van der Waals surface area contributed by atoms with Gasteiger partial charge in [0.25, 0.3) is 0 Å². The highest BCUT2D eigenvalue weighted by Gasteiger charge is 2.15. The molecule has 1 aromatic carbocycles. The molecule has 21 heavy (non-hydrogen) atoms. The summed E-state index contributed by atoms with van der Waals surface area (Å²) < 4.78 is 19.0. The average Bonchev–Trinajstić information content (AvgIpc) is 2.38. The Morgan fingerprint density at radius 3 is 2.71 bits per heavy atom. The molecule has 8 heteroatoms. The van der Waals surface area contributed by atoms with E-state index in [2.05, 4.69) is 21.2 Å². The van der Waals surface area contributed by atoms with Gasteiger partial charge in [0, 0.05) is 18.1 Å². The number of hydrogen-bond acceptors (Lipinski definition) is 4.